The molecule has 1 amide bonds. The Morgan fingerprint density at radius 3 is 2.95 bits per heavy atom. The first-order chi connectivity index (χ1) is 9.03. The molecule has 2 N–H and O–H groups in total. The van der Waals surface area contributed by atoms with E-state index in [1.807, 2.05) is 38.1 Å². The standard InChI is InChI=1S/C14H23N3O2/c1-14(6-7-15-10-14)13(18)16-9-11(17(2)3)12-5-4-8-19-12/h4-5,8,11,15H,6-7,9-10H2,1-3H3,(H,16,18). The van der Waals surface area contributed by atoms with Gasteiger partial charge in [0.25, 0.3) is 0 Å². The maximum Gasteiger partial charge on any atom is 0.227 e. The molecule has 2 rings (SSSR count). The van der Waals surface area contributed by atoms with E-state index in [0.29, 0.717) is 6.54 Å². The Balaban J connectivity index is 1.94. The predicted octanol–water partition coefficient (Wildman–Crippen LogP) is 0.998. The number of nitrogens with one attached hydrogen (secondary N) is 2. The van der Waals surface area contributed by atoms with Crippen LogP contribution in [0, 0.1) is 5.41 Å². The first-order valence-corrected chi connectivity index (χ1v) is 6.72. The lowest BCUT2D eigenvalue weighted by Crippen LogP contribution is -2.43. The summed E-state index contributed by atoms with van der Waals surface area (Å²) in [6.45, 7) is 4.25. The summed E-state index contributed by atoms with van der Waals surface area (Å²) in [6.07, 6.45) is 2.56. The van der Waals surface area contributed by atoms with Crippen molar-refractivity contribution in [1.29, 1.82) is 0 Å². The number of hydrogen-bond acceptors (Lipinski definition) is 4. The number of likely N-dealkylation sites (N-methyl/N-ethyl adjacent to an activating group) is 1. The summed E-state index contributed by atoms with van der Waals surface area (Å²) in [5.41, 5.74) is -0.278. The second kappa shape index (κ2) is 5.75. The Morgan fingerprint density at radius 2 is 2.42 bits per heavy atom. The molecule has 1 fully saturated rings. The summed E-state index contributed by atoms with van der Waals surface area (Å²) >= 11 is 0. The van der Waals surface area contributed by atoms with Gasteiger partial charge in [-0.05, 0) is 46.1 Å². The van der Waals surface area contributed by atoms with Gasteiger partial charge < -0.3 is 15.1 Å². The number of furan rings is 1. The van der Waals surface area contributed by atoms with Crippen molar-refractivity contribution in [3.05, 3.63) is 24.2 Å². The number of carbonyl (C=O) groups excluding carboxylic acids is 1. The lowest BCUT2D eigenvalue weighted by Gasteiger charge is -2.26. The van der Waals surface area contributed by atoms with Crippen molar-refractivity contribution in [1.82, 2.24) is 15.5 Å². The monoisotopic (exact) mass is 265 g/mol. The molecule has 5 heteroatoms. The highest BCUT2D eigenvalue weighted by molar-refractivity contribution is 5.82. The topological polar surface area (TPSA) is 57.5 Å². The van der Waals surface area contributed by atoms with Gasteiger partial charge >= 0.3 is 0 Å². The van der Waals surface area contributed by atoms with E-state index in [1.54, 1.807) is 6.26 Å². The zero-order valence-electron chi connectivity index (χ0n) is 11.9. The quantitative estimate of drug-likeness (QED) is 0.834. The van der Waals surface area contributed by atoms with E-state index in [0.717, 1.165) is 25.3 Å². The van der Waals surface area contributed by atoms with Crippen LogP contribution < -0.4 is 10.6 Å². The highest BCUT2D eigenvalue weighted by atomic mass is 16.3. The molecule has 106 valence electrons. The van der Waals surface area contributed by atoms with E-state index < -0.39 is 0 Å². The lowest BCUT2D eigenvalue weighted by molar-refractivity contribution is -0.129. The zero-order valence-corrected chi connectivity index (χ0v) is 11.9. The molecule has 2 heterocycles. The third-order valence-electron chi connectivity index (χ3n) is 3.87. The van der Waals surface area contributed by atoms with E-state index in [2.05, 4.69) is 10.6 Å². The molecule has 0 spiro atoms. The van der Waals surface area contributed by atoms with E-state index in [-0.39, 0.29) is 17.4 Å². The Kier molecular flexibility index (Phi) is 4.27. The molecule has 0 bridgehead atoms. The zero-order chi connectivity index (χ0) is 13.9. The molecule has 1 aliphatic heterocycles. The highest BCUT2D eigenvalue weighted by Gasteiger charge is 2.36. The SMILES string of the molecule is CN(C)C(CNC(=O)C1(C)CCNC1)c1ccco1. The number of amides is 1. The molecule has 1 saturated heterocycles. The summed E-state index contributed by atoms with van der Waals surface area (Å²) in [5, 5.41) is 6.30. The number of hydrogen-bond donors (Lipinski definition) is 2. The smallest absolute Gasteiger partial charge is 0.227 e. The van der Waals surface area contributed by atoms with Gasteiger partial charge in [0.15, 0.2) is 0 Å². The molecule has 0 radical (unpaired) electrons. The summed E-state index contributed by atoms with van der Waals surface area (Å²) < 4.78 is 5.43. The molecule has 0 saturated carbocycles. The second-order valence-corrected chi connectivity index (χ2v) is 5.69. The summed E-state index contributed by atoms with van der Waals surface area (Å²) in [6, 6.07) is 3.88. The average Bonchev–Trinajstić information content (AvgIpc) is 3.01. The van der Waals surface area contributed by atoms with Crippen LogP contribution in [0.2, 0.25) is 0 Å². The fraction of sp³-hybridized carbons (Fsp3) is 0.643. The fourth-order valence-corrected chi connectivity index (χ4v) is 2.43. The van der Waals surface area contributed by atoms with Gasteiger partial charge in [-0.3, -0.25) is 9.69 Å². The minimum Gasteiger partial charge on any atom is -0.468 e. The van der Waals surface area contributed by atoms with Crippen molar-refractivity contribution in [3.63, 3.8) is 0 Å². The van der Waals surface area contributed by atoms with Crippen LogP contribution in [0.25, 0.3) is 0 Å². The van der Waals surface area contributed by atoms with Crippen molar-refractivity contribution in [3.8, 4) is 0 Å². The van der Waals surface area contributed by atoms with Gasteiger partial charge in [0, 0.05) is 13.1 Å². The Labute approximate surface area is 114 Å². The van der Waals surface area contributed by atoms with Crippen molar-refractivity contribution < 1.29 is 9.21 Å². The number of rotatable bonds is 5. The maximum atomic E-state index is 12.3. The minimum absolute atomic E-state index is 0.0666. The Bertz CT molecular complexity index is 408. The number of nitrogens with zero attached hydrogens (tertiary/aromatic N) is 1. The molecule has 19 heavy (non-hydrogen) atoms. The van der Waals surface area contributed by atoms with Gasteiger partial charge in [0.1, 0.15) is 5.76 Å². The average molecular weight is 265 g/mol. The molecule has 0 aliphatic carbocycles. The largest absolute Gasteiger partial charge is 0.468 e. The Hall–Kier alpha value is -1.33. The molecular formula is C14H23N3O2. The van der Waals surface area contributed by atoms with Crippen LogP contribution in [0.15, 0.2) is 22.8 Å². The van der Waals surface area contributed by atoms with Gasteiger partial charge in [0.2, 0.25) is 5.91 Å². The van der Waals surface area contributed by atoms with Crippen molar-refractivity contribution in [2.75, 3.05) is 33.7 Å². The van der Waals surface area contributed by atoms with Crippen LogP contribution in [0.1, 0.15) is 25.1 Å². The normalized spacial score (nSPS) is 24.6. The molecule has 0 aromatic carbocycles. The highest BCUT2D eigenvalue weighted by Crippen LogP contribution is 2.25. The van der Waals surface area contributed by atoms with Crippen molar-refractivity contribution in [2.45, 2.75) is 19.4 Å². The van der Waals surface area contributed by atoms with Gasteiger partial charge in [-0.15, -0.1) is 0 Å². The third kappa shape index (κ3) is 3.16. The Morgan fingerprint density at radius 1 is 1.63 bits per heavy atom. The van der Waals surface area contributed by atoms with Crippen LogP contribution in [0.5, 0.6) is 0 Å². The van der Waals surface area contributed by atoms with Crippen LogP contribution in [0.3, 0.4) is 0 Å². The molecule has 1 aliphatic rings. The molecule has 2 atom stereocenters. The second-order valence-electron chi connectivity index (χ2n) is 5.69. The van der Waals surface area contributed by atoms with Crippen molar-refractivity contribution >= 4 is 5.91 Å². The van der Waals surface area contributed by atoms with Gasteiger partial charge in [0.05, 0.1) is 17.7 Å². The first-order valence-electron chi connectivity index (χ1n) is 6.72. The van der Waals surface area contributed by atoms with E-state index in [1.165, 1.54) is 0 Å². The molecule has 1 aromatic rings. The number of carbonyl (C=O) groups is 1. The fourth-order valence-electron chi connectivity index (χ4n) is 2.43. The lowest BCUT2D eigenvalue weighted by atomic mass is 9.89. The summed E-state index contributed by atoms with van der Waals surface area (Å²) in [7, 11) is 3.97. The molecule has 5 nitrogen and oxygen atoms in total. The van der Waals surface area contributed by atoms with E-state index >= 15 is 0 Å². The van der Waals surface area contributed by atoms with E-state index in [9.17, 15) is 4.79 Å². The molecule has 1 aromatic heterocycles. The van der Waals surface area contributed by atoms with Crippen LogP contribution >= 0.6 is 0 Å². The maximum absolute atomic E-state index is 12.3. The minimum atomic E-state index is -0.278. The van der Waals surface area contributed by atoms with E-state index in [4.69, 9.17) is 4.42 Å². The molecule has 2 unspecified atom stereocenters. The van der Waals surface area contributed by atoms with Gasteiger partial charge in [-0.25, -0.2) is 0 Å². The summed E-state index contributed by atoms with van der Waals surface area (Å²) in [5.74, 6) is 0.996. The molecular weight excluding hydrogens is 242 g/mol. The first kappa shape index (κ1) is 14.1. The third-order valence-corrected chi connectivity index (χ3v) is 3.87. The van der Waals surface area contributed by atoms with Crippen molar-refractivity contribution in [2.24, 2.45) is 5.41 Å². The van der Waals surface area contributed by atoms with Gasteiger partial charge in [-0.2, -0.15) is 0 Å². The van der Waals surface area contributed by atoms with Gasteiger partial charge in [-0.1, -0.05) is 0 Å². The summed E-state index contributed by atoms with van der Waals surface area (Å²) in [4.78, 5) is 14.3. The van der Waals surface area contributed by atoms with Crippen LogP contribution in [-0.2, 0) is 4.79 Å². The van der Waals surface area contributed by atoms with Crippen LogP contribution in [0.4, 0.5) is 0 Å². The van der Waals surface area contributed by atoms with Crippen LogP contribution in [-0.4, -0.2) is 44.5 Å². The predicted molar refractivity (Wildman–Crippen MR) is 73.7 cm³/mol.